The highest BCUT2D eigenvalue weighted by Crippen LogP contribution is 2.03. The van der Waals surface area contributed by atoms with Crippen LogP contribution in [0.1, 0.15) is 16.7 Å². The van der Waals surface area contributed by atoms with E-state index in [2.05, 4.69) is 71.7 Å². The molecule has 1 saturated heterocycles. The third-order valence-electron chi connectivity index (χ3n) is 4.83. The van der Waals surface area contributed by atoms with Gasteiger partial charge in [-0.25, -0.2) is 0 Å². The molecule has 2 aromatic carbocycles. The number of rotatable bonds is 5. The second-order valence-electron chi connectivity index (χ2n) is 6.87. The van der Waals surface area contributed by atoms with Crippen LogP contribution in [0.15, 0.2) is 54.6 Å². The molecule has 2 N–H and O–H groups in total. The van der Waals surface area contributed by atoms with E-state index in [9.17, 15) is 0 Å². The van der Waals surface area contributed by atoms with Gasteiger partial charge in [0.1, 0.15) is 6.54 Å². The van der Waals surface area contributed by atoms with E-state index in [-0.39, 0.29) is 0 Å². The van der Waals surface area contributed by atoms with Gasteiger partial charge in [0.25, 0.3) is 0 Å². The van der Waals surface area contributed by atoms with Crippen molar-refractivity contribution in [2.45, 2.75) is 19.9 Å². The van der Waals surface area contributed by atoms with E-state index < -0.39 is 0 Å². The van der Waals surface area contributed by atoms with E-state index in [0.717, 1.165) is 50.8 Å². The van der Waals surface area contributed by atoms with Gasteiger partial charge in [0.15, 0.2) is 5.11 Å². The van der Waals surface area contributed by atoms with E-state index in [1.165, 1.54) is 16.7 Å². The Labute approximate surface area is 156 Å². The Bertz CT molecular complexity index is 679. The zero-order valence-corrected chi connectivity index (χ0v) is 15.8. The number of hydrogen-bond acceptors (Lipinski definition) is 1. The smallest absolute Gasteiger partial charge is 0.169 e. The number of benzene rings is 2. The minimum absolute atomic E-state index is 0.902. The van der Waals surface area contributed by atoms with Crippen LogP contribution in [0, 0.1) is 6.92 Å². The highest BCUT2D eigenvalue weighted by atomic mass is 32.1. The van der Waals surface area contributed by atoms with E-state index in [1.807, 2.05) is 0 Å². The van der Waals surface area contributed by atoms with Crippen molar-refractivity contribution in [1.29, 1.82) is 0 Å². The van der Waals surface area contributed by atoms with Gasteiger partial charge in [-0.2, -0.15) is 0 Å². The molecule has 0 aliphatic carbocycles. The molecule has 0 atom stereocenters. The number of piperazine rings is 1. The van der Waals surface area contributed by atoms with Crippen molar-refractivity contribution in [1.82, 2.24) is 10.2 Å². The second-order valence-corrected chi connectivity index (χ2v) is 7.26. The number of nitrogens with zero attached hydrogens (tertiary/aromatic N) is 1. The standard InChI is InChI=1S/C21H27N3S/c1-18-6-5-9-20(16-18)17-23-12-14-24(15-13-23)21(25)22-11-10-19-7-3-2-4-8-19/h2-9,16H,10-15,17H2,1H3,(H,22,25)/p+1. The van der Waals surface area contributed by atoms with Gasteiger partial charge in [-0.05, 0) is 31.1 Å². The van der Waals surface area contributed by atoms with Crippen molar-refractivity contribution in [3.63, 3.8) is 0 Å². The van der Waals surface area contributed by atoms with Crippen LogP contribution in [0.3, 0.4) is 0 Å². The molecule has 0 saturated carbocycles. The first kappa shape index (κ1) is 17.9. The maximum atomic E-state index is 5.58. The van der Waals surface area contributed by atoms with E-state index >= 15 is 0 Å². The summed E-state index contributed by atoms with van der Waals surface area (Å²) in [5.74, 6) is 0. The van der Waals surface area contributed by atoms with Crippen molar-refractivity contribution in [2.75, 3.05) is 32.7 Å². The highest BCUT2D eigenvalue weighted by Gasteiger charge is 2.21. The molecule has 0 aromatic heterocycles. The van der Waals surface area contributed by atoms with Crippen molar-refractivity contribution in [3.05, 3.63) is 71.3 Å². The predicted octanol–water partition coefficient (Wildman–Crippen LogP) is 1.81. The van der Waals surface area contributed by atoms with Crippen LogP contribution >= 0.6 is 12.2 Å². The average Bonchev–Trinajstić information content (AvgIpc) is 2.63. The lowest BCUT2D eigenvalue weighted by molar-refractivity contribution is -0.917. The zero-order chi connectivity index (χ0) is 17.5. The molecule has 1 fully saturated rings. The topological polar surface area (TPSA) is 19.7 Å². The molecular formula is C21H28N3S+. The summed E-state index contributed by atoms with van der Waals surface area (Å²) in [6.07, 6.45) is 1.01. The van der Waals surface area contributed by atoms with Gasteiger partial charge >= 0.3 is 0 Å². The van der Waals surface area contributed by atoms with Gasteiger partial charge in [0.05, 0.1) is 26.2 Å². The van der Waals surface area contributed by atoms with Crippen molar-refractivity contribution < 1.29 is 4.90 Å². The Morgan fingerprint density at radius 2 is 1.76 bits per heavy atom. The molecule has 2 aromatic rings. The Morgan fingerprint density at radius 1 is 1.04 bits per heavy atom. The highest BCUT2D eigenvalue weighted by molar-refractivity contribution is 7.80. The fourth-order valence-electron chi connectivity index (χ4n) is 3.38. The second kappa shape index (κ2) is 8.97. The molecule has 132 valence electrons. The lowest BCUT2D eigenvalue weighted by Gasteiger charge is -2.34. The fraction of sp³-hybridized carbons (Fsp3) is 0.381. The maximum Gasteiger partial charge on any atom is 0.169 e. The maximum absolute atomic E-state index is 5.58. The third kappa shape index (κ3) is 5.55. The summed E-state index contributed by atoms with van der Waals surface area (Å²) in [5, 5.41) is 4.33. The SMILES string of the molecule is Cc1cccc(C[NH+]2CCN(C(=S)NCCc3ccccc3)CC2)c1. The first-order valence-electron chi connectivity index (χ1n) is 9.16. The molecule has 1 aliphatic rings. The van der Waals surface area contributed by atoms with Crippen molar-refractivity contribution in [3.8, 4) is 0 Å². The van der Waals surface area contributed by atoms with Crippen LogP contribution in [0.25, 0.3) is 0 Å². The first-order valence-corrected chi connectivity index (χ1v) is 9.57. The Balaban J connectivity index is 1.38. The van der Waals surface area contributed by atoms with E-state index in [0.29, 0.717) is 0 Å². The molecule has 0 amide bonds. The molecule has 3 nitrogen and oxygen atoms in total. The van der Waals surface area contributed by atoms with Gasteiger partial charge in [-0.15, -0.1) is 0 Å². The van der Waals surface area contributed by atoms with Crippen LogP contribution in [0.4, 0.5) is 0 Å². The number of hydrogen-bond donors (Lipinski definition) is 2. The summed E-state index contributed by atoms with van der Waals surface area (Å²) in [5.41, 5.74) is 4.14. The van der Waals surface area contributed by atoms with Gasteiger partial charge in [-0.3, -0.25) is 0 Å². The summed E-state index contributed by atoms with van der Waals surface area (Å²) >= 11 is 5.58. The van der Waals surface area contributed by atoms with Crippen LogP contribution < -0.4 is 10.2 Å². The summed E-state index contributed by atoms with van der Waals surface area (Å²) in [6.45, 7) is 8.55. The molecule has 0 bridgehead atoms. The number of nitrogens with one attached hydrogen (secondary N) is 2. The van der Waals surface area contributed by atoms with E-state index in [4.69, 9.17) is 12.2 Å². The minimum atomic E-state index is 0.902. The number of thiocarbonyl (C=S) groups is 1. The summed E-state index contributed by atoms with van der Waals surface area (Å²) < 4.78 is 0. The van der Waals surface area contributed by atoms with Gasteiger partial charge in [0, 0.05) is 12.1 Å². The molecule has 0 unspecified atom stereocenters. The van der Waals surface area contributed by atoms with Crippen LogP contribution in [-0.2, 0) is 13.0 Å². The molecule has 25 heavy (non-hydrogen) atoms. The molecule has 0 radical (unpaired) electrons. The summed E-state index contributed by atoms with van der Waals surface area (Å²) in [7, 11) is 0. The average molecular weight is 355 g/mol. The van der Waals surface area contributed by atoms with Crippen molar-refractivity contribution in [2.24, 2.45) is 0 Å². The van der Waals surface area contributed by atoms with E-state index in [1.54, 1.807) is 4.90 Å². The molecule has 1 aliphatic heterocycles. The molecule has 0 spiro atoms. The summed E-state index contributed by atoms with van der Waals surface area (Å²) in [4.78, 5) is 3.97. The molecular weight excluding hydrogens is 326 g/mol. The molecule has 4 heteroatoms. The Hall–Kier alpha value is -1.91. The Morgan fingerprint density at radius 3 is 2.48 bits per heavy atom. The monoisotopic (exact) mass is 354 g/mol. The van der Waals surface area contributed by atoms with Gasteiger partial charge in [-0.1, -0.05) is 60.2 Å². The molecule has 3 rings (SSSR count). The lowest BCUT2D eigenvalue weighted by atomic mass is 10.1. The van der Waals surface area contributed by atoms with Crippen molar-refractivity contribution >= 4 is 17.3 Å². The largest absolute Gasteiger partial charge is 0.362 e. The summed E-state index contributed by atoms with van der Waals surface area (Å²) in [6, 6.07) is 19.4. The quantitative estimate of drug-likeness (QED) is 0.799. The normalized spacial score (nSPS) is 15.2. The van der Waals surface area contributed by atoms with Crippen LogP contribution in [0.5, 0.6) is 0 Å². The van der Waals surface area contributed by atoms with Crippen LogP contribution in [0.2, 0.25) is 0 Å². The van der Waals surface area contributed by atoms with Gasteiger partial charge in [0.2, 0.25) is 0 Å². The van der Waals surface area contributed by atoms with Crippen LogP contribution in [-0.4, -0.2) is 42.7 Å². The minimum Gasteiger partial charge on any atom is -0.362 e. The predicted molar refractivity (Wildman–Crippen MR) is 108 cm³/mol. The zero-order valence-electron chi connectivity index (χ0n) is 15.0. The fourth-order valence-corrected chi connectivity index (χ4v) is 3.67. The molecule has 1 heterocycles. The lowest BCUT2D eigenvalue weighted by Crippen LogP contribution is -3.13. The first-order chi connectivity index (χ1) is 12.2. The van der Waals surface area contributed by atoms with Gasteiger partial charge < -0.3 is 15.1 Å². The number of aryl methyl sites for hydroxylation is 1. The number of quaternary nitrogens is 1. The Kier molecular flexibility index (Phi) is 6.42. The third-order valence-corrected chi connectivity index (χ3v) is 5.23.